The second-order valence-electron chi connectivity index (χ2n) is 26.7. The van der Waals surface area contributed by atoms with Crippen molar-refractivity contribution < 1.29 is 20.9 Å². The van der Waals surface area contributed by atoms with E-state index in [1.807, 2.05) is 0 Å². The van der Waals surface area contributed by atoms with E-state index < -0.39 is 26.8 Å². The summed E-state index contributed by atoms with van der Waals surface area (Å²) in [4.78, 5) is 0. The van der Waals surface area contributed by atoms with E-state index in [9.17, 15) is 0 Å². The molecular formula is C86H69SiZr. The molecule has 4 aliphatic rings. The number of hydrogen-bond acceptors (Lipinski definition) is 0. The Bertz CT molecular complexity index is 4760. The Labute approximate surface area is 525 Å². The van der Waals surface area contributed by atoms with Gasteiger partial charge in [-0.05, 0) is 0 Å². The van der Waals surface area contributed by atoms with Gasteiger partial charge in [0.1, 0.15) is 0 Å². The van der Waals surface area contributed by atoms with Crippen LogP contribution in [-0.4, -0.2) is 5.92 Å². The monoisotopic (exact) mass is 1220 g/mol. The van der Waals surface area contributed by atoms with Gasteiger partial charge in [-0.3, -0.25) is 0 Å². The molecule has 2 atom stereocenters. The van der Waals surface area contributed by atoms with Crippen molar-refractivity contribution in [2.75, 3.05) is 0 Å². The first-order chi connectivity index (χ1) is 43.5. The number of hydrogen-bond donors (Lipinski definition) is 0. The third-order valence-corrected chi connectivity index (χ3v) is 43.2. The van der Waals surface area contributed by atoms with Crippen molar-refractivity contribution in [3.8, 4) is 44.5 Å². The van der Waals surface area contributed by atoms with Crippen LogP contribution >= 0.6 is 0 Å². The molecule has 0 bridgehead atoms. The standard InChI is InChI=1S/2C42H31.C2H7Si.Zr/c2*1-5-16-33-29(12-1)25-30-13-2-6-17-34(30)41(33)37-20-21-38(40-24-28(23-39(37)40)22-27-10-9-11-27)42-35-18-7-3-14-31(35)26-32-15-4-8-19-36(32)42;1-3-2;/h2*1-8,12-21,23-27H,9-11,22H2;3H,1-2H3;. The van der Waals surface area contributed by atoms with Crippen LogP contribution in [0.3, 0.4) is 0 Å². The van der Waals surface area contributed by atoms with Crippen LogP contribution in [0.25, 0.3) is 143 Å². The molecule has 2 fully saturated rings. The molecule has 2 heteroatoms. The zero-order valence-electron chi connectivity index (χ0n) is 50.3. The minimum absolute atomic E-state index is 0.387. The molecule has 0 nitrogen and oxygen atoms in total. The average molecular weight is 1220 g/mol. The number of fused-ring (bicyclic) bond motifs is 10. The Morgan fingerprint density at radius 3 is 0.784 bits per heavy atom. The molecule has 0 heterocycles. The van der Waals surface area contributed by atoms with E-state index in [1.165, 1.54) is 193 Å². The minimum atomic E-state index is -3.08. The summed E-state index contributed by atoms with van der Waals surface area (Å²) < 4.78 is 0.775. The molecule has 0 aliphatic heterocycles. The van der Waals surface area contributed by atoms with Crippen LogP contribution < -0.4 is 0 Å². The van der Waals surface area contributed by atoms with Crippen LogP contribution in [-0.2, 0) is 20.9 Å². The summed E-state index contributed by atoms with van der Waals surface area (Å²) in [6, 6.07) is 94.6. The first kappa shape index (κ1) is 52.8. The van der Waals surface area contributed by atoms with E-state index in [2.05, 4.69) is 268 Å². The van der Waals surface area contributed by atoms with Crippen LogP contribution in [0, 0.1) is 11.8 Å². The van der Waals surface area contributed by atoms with Gasteiger partial charge in [-0.2, -0.15) is 0 Å². The van der Waals surface area contributed by atoms with Gasteiger partial charge in [0.2, 0.25) is 0 Å². The van der Waals surface area contributed by atoms with E-state index in [-0.39, 0.29) is 0 Å². The quantitative estimate of drug-likeness (QED) is 0.0894. The molecule has 2 saturated carbocycles. The first-order valence-corrected chi connectivity index (χ1v) is 42.7. The molecular weight excluding hydrogens is 1150 g/mol. The number of benzene rings is 14. The fourth-order valence-electron chi connectivity index (χ4n) is 17.2. The van der Waals surface area contributed by atoms with Crippen LogP contribution in [0.15, 0.2) is 254 Å². The van der Waals surface area contributed by atoms with Gasteiger partial charge in [0.25, 0.3) is 0 Å². The summed E-state index contributed by atoms with van der Waals surface area (Å²) >= 11 is -3.08. The molecule has 2 unspecified atom stereocenters. The van der Waals surface area contributed by atoms with Crippen LogP contribution in [0.2, 0.25) is 13.1 Å². The second kappa shape index (κ2) is 21.2. The predicted molar refractivity (Wildman–Crippen MR) is 379 cm³/mol. The molecule has 14 aromatic carbocycles. The van der Waals surface area contributed by atoms with E-state index >= 15 is 0 Å². The van der Waals surface area contributed by atoms with Gasteiger partial charge in [0.05, 0.1) is 0 Å². The summed E-state index contributed by atoms with van der Waals surface area (Å²) in [5.74, 6) is -0.0760. The third kappa shape index (κ3) is 8.38. The molecule has 0 radical (unpaired) electrons. The van der Waals surface area contributed by atoms with Crippen molar-refractivity contribution in [2.45, 2.75) is 71.7 Å². The normalized spacial score (nSPS) is 16.7. The summed E-state index contributed by atoms with van der Waals surface area (Å²) in [6.45, 7) is 5.69. The molecule has 4 aliphatic carbocycles. The van der Waals surface area contributed by atoms with Gasteiger partial charge >= 0.3 is 529 Å². The zero-order valence-corrected chi connectivity index (χ0v) is 53.9. The molecule has 0 saturated heterocycles. The fraction of sp³-hybridized carbons (Fsp3) is 0.163. The van der Waals surface area contributed by atoms with Crippen molar-refractivity contribution in [1.29, 1.82) is 0 Å². The molecule has 0 N–H and O–H groups in total. The van der Waals surface area contributed by atoms with Crippen LogP contribution in [0.4, 0.5) is 0 Å². The third-order valence-electron chi connectivity index (χ3n) is 21.5. The Morgan fingerprint density at radius 2 is 0.545 bits per heavy atom. The zero-order chi connectivity index (χ0) is 58.1. The molecule has 0 amide bonds. The van der Waals surface area contributed by atoms with Crippen molar-refractivity contribution >= 4 is 104 Å². The summed E-state index contributed by atoms with van der Waals surface area (Å²) in [7, 11) is 0. The molecule has 14 aromatic rings. The maximum absolute atomic E-state index is 3.08. The summed E-state index contributed by atoms with van der Waals surface area (Å²) in [5, 5.41) is 21.3. The molecule has 88 heavy (non-hydrogen) atoms. The molecule has 0 aromatic heterocycles. The topological polar surface area (TPSA) is 0 Å². The Kier molecular flexibility index (Phi) is 12.7. The first-order valence-electron chi connectivity index (χ1n) is 32.7. The van der Waals surface area contributed by atoms with E-state index in [1.54, 1.807) is 22.3 Å². The number of rotatable bonds is 11. The van der Waals surface area contributed by atoms with Gasteiger partial charge in [-0.25, -0.2) is 0 Å². The van der Waals surface area contributed by atoms with Crippen LogP contribution in [0.1, 0.15) is 80.9 Å². The van der Waals surface area contributed by atoms with E-state index in [4.69, 9.17) is 0 Å². The molecule has 18 rings (SSSR count). The fourth-order valence-corrected chi connectivity index (χ4v) is 40.0. The molecule has 0 spiro atoms. The molecule has 421 valence electrons. The van der Waals surface area contributed by atoms with Crippen molar-refractivity contribution in [3.63, 3.8) is 0 Å². The Morgan fingerprint density at radius 1 is 0.307 bits per heavy atom. The number of allylic oxidation sites excluding steroid dienone is 2. The van der Waals surface area contributed by atoms with Gasteiger partial charge in [-0.1, -0.05) is 0 Å². The van der Waals surface area contributed by atoms with Crippen molar-refractivity contribution in [1.82, 2.24) is 0 Å². The van der Waals surface area contributed by atoms with Crippen molar-refractivity contribution in [2.24, 2.45) is 11.8 Å². The van der Waals surface area contributed by atoms with E-state index in [0.29, 0.717) is 7.25 Å². The van der Waals surface area contributed by atoms with Gasteiger partial charge in [0, 0.05) is 0 Å². The summed E-state index contributed by atoms with van der Waals surface area (Å²) in [6.07, 6.45) is 16.2. The summed E-state index contributed by atoms with van der Waals surface area (Å²) in [5.41, 5.74) is 21.2. The van der Waals surface area contributed by atoms with Gasteiger partial charge in [0.15, 0.2) is 0 Å². The average Bonchev–Trinajstić information content (AvgIpc) is 1.60. The second-order valence-corrected chi connectivity index (χ2v) is 46.8. The Balaban J connectivity index is 0.984. The van der Waals surface area contributed by atoms with Crippen LogP contribution in [0.5, 0.6) is 0 Å². The maximum atomic E-state index is 2.88. The van der Waals surface area contributed by atoms with Gasteiger partial charge in [-0.15, -0.1) is 0 Å². The van der Waals surface area contributed by atoms with E-state index in [0.717, 1.165) is 11.8 Å². The predicted octanol–water partition coefficient (Wildman–Crippen LogP) is 24.1. The van der Waals surface area contributed by atoms with Gasteiger partial charge < -0.3 is 0 Å². The SMILES string of the molecule is C[SiH](C)[Zr]([CH]1C(CC2CCC2)=Cc2c(-c3c4ccccc4cc4ccccc34)ccc(-c3c4ccccc4cc4ccccc34)c21)[CH]1C(CC2CCC2)=Cc2c(-c3c4ccccc4cc4ccccc34)ccc(-c3c4ccccc4cc4ccccc34)c21. The van der Waals surface area contributed by atoms with Crippen molar-refractivity contribution in [3.05, 3.63) is 276 Å². The Hall–Kier alpha value is -8.26.